The van der Waals surface area contributed by atoms with E-state index >= 15 is 0 Å². The van der Waals surface area contributed by atoms with Crippen LogP contribution in [0.2, 0.25) is 0 Å². The molecule has 0 bridgehead atoms. The summed E-state index contributed by atoms with van der Waals surface area (Å²) >= 11 is 0. The minimum Gasteiger partial charge on any atom is -0.462 e. The lowest BCUT2D eigenvalue weighted by atomic mass is 10.0. The minimum absolute atomic E-state index is 0.0696. The van der Waals surface area contributed by atoms with Crippen LogP contribution in [0.3, 0.4) is 0 Å². The van der Waals surface area contributed by atoms with Gasteiger partial charge in [0.1, 0.15) is 19.3 Å². The van der Waals surface area contributed by atoms with Crippen LogP contribution in [0.4, 0.5) is 0 Å². The van der Waals surface area contributed by atoms with Gasteiger partial charge < -0.3 is 33.8 Å². The molecule has 5 atom stereocenters. The summed E-state index contributed by atoms with van der Waals surface area (Å²) in [6.07, 6.45) is 73.9. The van der Waals surface area contributed by atoms with E-state index in [0.29, 0.717) is 25.7 Å². The largest absolute Gasteiger partial charge is 0.472 e. The average molecular weight is 1420 g/mol. The molecule has 0 heterocycles. The van der Waals surface area contributed by atoms with Gasteiger partial charge in [0.15, 0.2) is 12.2 Å². The molecule has 0 aromatic heterocycles. The van der Waals surface area contributed by atoms with E-state index in [0.717, 1.165) is 154 Å². The zero-order valence-corrected chi connectivity index (χ0v) is 63.5. The number of allylic oxidation sites excluding steroid dienone is 16. The van der Waals surface area contributed by atoms with Crippen molar-refractivity contribution < 1.29 is 80.2 Å². The van der Waals surface area contributed by atoms with Crippen LogP contribution in [-0.4, -0.2) is 96.7 Å². The summed E-state index contributed by atoms with van der Waals surface area (Å²) in [7, 11) is -9.96. The van der Waals surface area contributed by atoms with Gasteiger partial charge >= 0.3 is 39.5 Å². The second-order valence-corrected chi connectivity index (χ2v) is 28.5. The van der Waals surface area contributed by atoms with Crippen molar-refractivity contribution in [2.24, 2.45) is 0 Å². The third-order valence-electron chi connectivity index (χ3n) is 16.0. The molecule has 0 rings (SSSR count). The molecule has 5 unspecified atom stereocenters. The second kappa shape index (κ2) is 71.4. The molecule has 0 spiro atoms. The van der Waals surface area contributed by atoms with Gasteiger partial charge in [-0.05, 0) is 128 Å². The average Bonchev–Trinajstić information content (AvgIpc) is 1.04. The Morgan fingerprint density at radius 1 is 0.296 bits per heavy atom. The van der Waals surface area contributed by atoms with E-state index in [-0.39, 0.29) is 25.7 Å². The fourth-order valence-electron chi connectivity index (χ4n) is 10.2. The van der Waals surface area contributed by atoms with Gasteiger partial charge in [0.25, 0.3) is 0 Å². The fraction of sp³-hybridized carbons (Fsp3) is 0.747. The third-order valence-corrected chi connectivity index (χ3v) is 17.9. The maximum Gasteiger partial charge on any atom is 0.472 e. The summed E-state index contributed by atoms with van der Waals surface area (Å²) in [6.45, 7) is 4.65. The van der Waals surface area contributed by atoms with Crippen LogP contribution in [0, 0.1) is 0 Å². The number of hydrogen-bond acceptors (Lipinski definition) is 15. The highest BCUT2D eigenvalue weighted by Crippen LogP contribution is 2.45. The lowest BCUT2D eigenvalue weighted by Gasteiger charge is -2.21. The van der Waals surface area contributed by atoms with Crippen LogP contribution >= 0.6 is 15.6 Å². The number of carbonyl (C=O) groups excluding carboxylic acids is 4. The van der Waals surface area contributed by atoms with Crippen LogP contribution in [-0.2, 0) is 65.4 Å². The number of phosphoric acid groups is 2. The first-order valence-electron chi connectivity index (χ1n) is 38.5. The van der Waals surface area contributed by atoms with Crippen molar-refractivity contribution in [3.05, 3.63) is 97.2 Å². The maximum absolute atomic E-state index is 13.1. The van der Waals surface area contributed by atoms with E-state index in [9.17, 15) is 43.2 Å². The van der Waals surface area contributed by atoms with Crippen molar-refractivity contribution in [2.45, 2.75) is 341 Å². The number of phosphoric ester groups is 2. The van der Waals surface area contributed by atoms with Crippen molar-refractivity contribution in [2.75, 3.05) is 39.6 Å². The van der Waals surface area contributed by atoms with Crippen LogP contribution < -0.4 is 0 Å². The molecule has 0 aromatic carbocycles. The standard InChI is InChI=1S/C79H138O17P2/c1-5-9-13-17-21-25-29-33-36-40-43-47-51-55-59-63-76(81)89-69-74(95-78(83)65-61-57-53-49-45-39-32-28-24-20-16-12-8-4)71-93-97(85,86)91-67-73(80)68-92-98(87,88)94-72-75(96-79(84)66-62-58-54-50-46-42-38-35-31-27-23-19-15-11-7-3)70-90-77(82)64-60-56-52-48-44-41-37-34-30-26-22-18-14-10-6-2/h10,14,21-23,25-27,33-38,44,48,73-75,80H,5-9,11-13,15-20,24,28-32,39-43,45-47,49-72H2,1-4H3,(H,85,86)(H,87,88)/b14-10-,25-21-,26-22-,27-23-,36-33-,37-34-,38-35-,48-44-. The Kier molecular flexibility index (Phi) is 68.4. The zero-order valence-electron chi connectivity index (χ0n) is 61.7. The smallest absolute Gasteiger partial charge is 0.462 e. The van der Waals surface area contributed by atoms with Crippen LogP contribution in [0.15, 0.2) is 97.2 Å². The SMILES string of the molecule is CC/C=C\C/C=C\C/C=C\C/C=C\CCCCC(=O)OCC(COP(=O)(O)OCC(O)COP(=O)(O)OCC(COC(=O)CCCCCCC/C=C\C/C=C\CCCCC)OC(=O)CCCCCCCCCCCCCCC)OC(=O)CCCCCCC/C=C\C/C=C\CCCCC. The third kappa shape index (κ3) is 70.4. The number of hydrogen-bond donors (Lipinski definition) is 3. The number of aliphatic hydroxyl groups excluding tert-OH is 1. The Morgan fingerprint density at radius 3 is 0.857 bits per heavy atom. The van der Waals surface area contributed by atoms with Crippen LogP contribution in [0.5, 0.6) is 0 Å². The Hall–Kier alpha value is -4.02. The topological polar surface area (TPSA) is 237 Å². The zero-order chi connectivity index (χ0) is 71.8. The van der Waals surface area contributed by atoms with Gasteiger partial charge in [-0.25, -0.2) is 9.13 Å². The molecule has 19 heteroatoms. The van der Waals surface area contributed by atoms with E-state index in [1.807, 2.05) is 0 Å². The highest BCUT2D eigenvalue weighted by atomic mass is 31.2. The quantitative estimate of drug-likeness (QED) is 0.0169. The van der Waals surface area contributed by atoms with E-state index in [4.69, 9.17) is 37.0 Å². The molecule has 3 N–H and O–H groups in total. The maximum atomic E-state index is 13.1. The molecule has 0 radical (unpaired) electrons. The van der Waals surface area contributed by atoms with Gasteiger partial charge in [0, 0.05) is 25.7 Å². The first kappa shape index (κ1) is 94.0. The molecular weight excluding hydrogens is 1280 g/mol. The highest BCUT2D eigenvalue weighted by Gasteiger charge is 2.30. The Bertz CT molecular complexity index is 2240. The Labute approximate surface area is 595 Å². The molecule has 0 saturated carbocycles. The molecule has 0 aliphatic rings. The first-order valence-corrected chi connectivity index (χ1v) is 41.5. The normalized spacial score (nSPS) is 14.5. The monoisotopic (exact) mass is 1420 g/mol. The molecule has 0 saturated heterocycles. The Balaban J connectivity index is 5.39. The van der Waals surface area contributed by atoms with Crippen molar-refractivity contribution in [1.29, 1.82) is 0 Å². The fourth-order valence-corrected chi connectivity index (χ4v) is 11.7. The number of unbranched alkanes of at least 4 members (excludes halogenated alkanes) is 30. The van der Waals surface area contributed by atoms with Crippen molar-refractivity contribution in [3.63, 3.8) is 0 Å². The summed E-state index contributed by atoms with van der Waals surface area (Å²) < 4.78 is 68.4. The van der Waals surface area contributed by atoms with E-state index in [1.54, 1.807) is 0 Å². The summed E-state index contributed by atoms with van der Waals surface area (Å²) in [5.74, 6) is -2.24. The van der Waals surface area contributed by atoms with Crippen LogP contribution in [0.1, 0.15) is 323 Å². The molecule has 0 fully saturated rings. The molecule has 0 aliphatic heterocycles. The van der Waals surface area contributed by atoms with Gasteiger partial charge in [-0.1, -0.05) is 266 Å². The lowest BCUT2D eigenvalue weighted by Crippen LogP contribution is -2.30. The van der Waals surface area contributed by atoms with Gasteiger partial charge in [0.05, 0.1) is 26.4 Å². The predicted octanol–water partition coefficient (Wildman–Crippen LogP) is 22.0. The van der Waals surface area contributed by atoms with Crippen molar-refractivity contribution >= 4 is 39.5 Å². The van der Waals surface area contributed by atoms with Crippen molar-refractivity contribution in [3.8, 4) is 0 Å². The number of ether oxygens (including phenoxy) is 4. The van der Waals surface area contributed by atoms with Crippen LogP contribution in [0.25, 0.3) is 0 Å². The van der Waals surface area contributed by atoms with Gasteiger partial charge in [0.2, 0.25) is 0 Å². The summed E-state index contributed by atoms with van der Waals surface area (Å²) in [4.78, 5) is 72.8. The number of carbonyl (C=O) groups is 4. The second-order valence-electron chi connectivity index (χ2n) is 25.6. The van der Waals surface area contributed by atoms with E-state index in [2.05, 4.69) is 125 Å². The van der Waals surface area contributed by atoms with Gasteiger partial charge in [-0.3, -0.25) is 37.3 Å². The summed E-state index contributed by atoms with van der Waals surface area (Å²) in [5.41, 5.74) is 0. The summed E-state index contributed by atoms with van der Waals surface area (Å²) in [5, 5.41) is 10.6. The predicted molar refractivity (Wildman–Crippen MR) is 399 cm³/mol. The highest BCUT2D eigenvalue weighted by molar-refractivity contribution is 7.47. The Morgan fingerprint density at radius 2 is 0.531 bits per heavy atom. The van der Waals surface area contributed by atoms with Gasteiger partial charge in [-0.2, -0.15) is 0 Å². The first-order chi connectivity index (χ1) is 47.7. The number of esters is 4. The number of aliphatic hydroxyl groups is 1. The minimum atomic E-state index is -4.99. The summed E-state index contributed by atoms with van der Waals surface area (Å²) in [6, 6.07) is 0. The molecule has 17 nitrogen and oxygen atoms in total. The molecule has 0 aromatic rings. The lowest BCUT2D eigenvalue weighted by molar-refractivity contribution is -0.161. The number of rotatable bonds is 72. The molecule has 0 amide bonds. The van der Waals surface area contributed by atoms with Crippen molar-refractivity contribution in [1.82, 2.24) is 0 Å². The molecule has 566 valence electrons. The molecule has 0 aliphatic carbocycles. The molecular formula is C79H138O17P2. The van der Waals surface area contributed by atoms with E-state index < -0.39 is 97.5 Å². The van der Waals surface area contributed by atoms with E-state index in [1.165, 1.54) is 89.9 Å². The molecule has 98 heavy (non-hydrogen) atoms. The van der Waals surface area contributed by atoms with Gasteiger partial charge in [-0.15, -0.1) is 0 Å².